The first-order valence-electron chi connectivity index (χ1n) is 8.04. The van der Waals surface area contributed by atoms with Crippen LogP contribution in [0.5, 0.6) is 0 Å². The van der Waals surface area contributed by atoms with Crippen LogP contribution < -0.4 is 0 Å². The number of nitrogens with zero attached hydrogens (tertiary/aromatic N) is 3. The number of aliphatic hydroxyl groups excluding tert-OH is 1. The second-order valence-corrected chi connectivity index (χ2v) is 6.70. The number of aromatic nitrogens is 2. The maximum atomic E-state index is 11.7. The number of aryl methyl sites for hydroxylation is 1. The Morgan fingerprint density at radius 2 is 2.32 bits per heavy atom. The van der Waals surface area contributed by atoms with E-state index in [9.17, 15) is 9.90 Å². The van der Waals surface area contributed by atoms with Crippen LogP contribution in [0, 0.1) is 11.8 Å². The van der Waals surface area contributed by atoms with Crippen molar-refractivity contribution in [3.05, 3.63) is 18.0 Å². The number of rotatable bonds is 4. The van der Waals surface area contributed by atoms with Crippen LogP contribution in [-0.4, -0.2) is 58.1 Å². The maximum Gasteiger partial charge on any atom is 0.308 e. The van der Waals surface area contributed by atoms with E-state index in [-0.39, 0.29) is 17.9 Å². The molecular formula is C16H25N3O3. The summed E-state index contributed by atoms with van der Waals surface area (Å²) in [7, 11) is 3.36. The van der Waals surface area contributed by atoms with Gasteiger partial charge in [-0.1, -0.05) is 0 Å². The molecule has 1 saturated carbocycles. The third-order valence-electron chi connectivity index (χ3n) is 5.10. The van der Waals surface area contributed by atoms with E-state index in [0.29, 0.717) is 18.8 Å². The fraction of sp³-hybridized carbons (Fsp3) is 0.750. The van der Waals surface area contributed by atoms with E-state index in [1.807, 2.05) is 17.9 Å². The average Bonchev–Trinajstić information content (AvgIpc) is 3.19. The standard InChI is InChI=1S/C16H25N3O3/c1-18-9-12(8-17-18)5-11-3-4-19(10-11)14-6-13(7-15(14)20)16(21)22-2/h8-9,11,13-15,20H,3-7,10H2,1-2H3. The molecular weight excluding hydrogens is 282 g/mol. The van der Waals surface area contributed by atoms with Crippen molar-refractivity contribution in [2.24, 2.45) is 18.9 Å². The van der Waals surface area contributed by atoms with Gasteiger partial charge in [-0.05, 0) is 43.7 Å². The number of ether oxygens (including phenoxy) is 1. The lowest BCUT2D eigenvalue weighted by molar-refractivity contribution is -0.145. The summed E-state index contributed by atoms with van der Waals surface area (Å²) in [6.07, 6.45) is 7.00. The van der Waals surface area contributed by atoms with Crippen molar-refractivity contribution < 1.29 is 14.6 Å². The molecule has 4 unspecified atom stereocenters. The van der Waals surface area contributed by atoms with Crippen molar-refractivity contribution >= 4 is 5.97 Å². The number of esters is 1. The van der Waals surface area contributed by atoms with Crippen LogP contribution in [0.15, 0.2) is 12.4 Å². The predicted molar refractivity (Wildman–Crippen MR) is 81.1 cm³/mol. The smallest absolute Gasteiger partial charge is 0.308 e. The first-order valence-corrected chi connectivity index (χ1v) is 8.04. The molecule has 6 nitrogen and oxygen atoms in total. The molecule has 2 heterocycles. The number of hydrogen-bond acceptors (Lipinski definition) is 5. The first kappa shape index (κ1) is 15.5. The zero-order chi connectivity index (χ0) is 15.7. The van der Waals surface area contributed by atoms with Gasteiger partial charge in [0, 0.05) is 25.8 Å². The van der Waals surface area contributed by atoms with E-state index in [1.165, 1.54) is 12.7 Å². The highest BCUT2D eigenvalue weighted by Gasteiger charge is 2.42. The van der Waals surface area contributed by atoms with E-state index in [1.54, 1.807) is 0 Å². The quantitative estimate of drug-likeness (QED) is 0.825. The minimum Gasteiger partial charge on any atom is -0.469 e. The lowest BCUT2D eigenvalue weighted by Crippen LogP contribution is -2.39. The Morgan fingerprint density at radius 3 is 3.00 bits per heavy atom. The summed E-state index contributed by atoms with van der Waals surface area (Å²) in [5.41, 5.74) is 1.27. The molecule has 1 aromatic rings. The normalized spacial score (nSPS) is 32.5. The zero-order valence-corrected chi connectivity index (χ0v) is 13.3. The van der Waals surface area contributed by atoms with Crippen molar-refractivity contribution in [2.75, 3.05) is 20.2 Å². The SMILES string of the molecule is COC(=O)C1CC(O)C(N2CCC(Cc3cnn(C)c3)C2)C1. The molecule has 3 rings (SSSR count). The molecule has 0 spiro atoms. The zero-order valence-electron chi connectivity index (χ0n) is 13.3. The van der Waals surface area contributed by atoms with E-state index < -0.39 is 6.10 Å². The minimum absolute atomic E-state index is 0.1000. The van der Waals surface area contributed by atoms with Crippen molar-refractivity contribution in [2.45, 2.75) is 37.8 Å². The Kier molecular flexibility index (Phi) is 4.49. The van der Waals surface area contributed by atoms with Crippen LogP contribution in [0.1, 0.15) is 24.8 Å². The molecule has 4 atom stereocenters. The number of aliphatic hydroxyl groups is 1. The molecule has 6 heteroatoms. The van der Waals surface area contributed by atoms with Crippen molar-refractivity contribution in [1.29, 1.82) is 0 Å². The largest absolute Gasteiger partial charge is 0.469 e. The highest BCUT2D eigenvalue weighted by atomic mass is 16.5. The van der Waals surface area contributed by atoms with Crippen molar-refractivity contribution in [3.63, 3.8) is 0 Å². The van der Waals surface area contributed by atoms with Gasteiger partial charge in [-0.2, -0.15) is 5.10 Å². The van der Waals surface area contributed by atoms with Crippen LogP contribution in [0.4, 0.5) is 0 Å². The maximum absolute atomic E-state index is 11.7. The third-order valence-corrected chi connectivity index (χ3v) is 5.10. The molecule has 0 aromatic carbocycles. The van der Waals surface area contributed by atoms with Crippen LogP contribution in [0.25, 0.3) is 0 Å². The Labute approximate surface area is 131 Å². The summed E-state index contributed by atoms with van der Waals surface area (Å²) < 4.78 is 6.66. The average molecular weight is 307 g/mol. The Hall–Kier alpha value is -1.40. The van der Waals surface area contributed by atoms with Gasteiger partial charge in [0.05, 0.1) is 25.3 Å². The topological polar surface area (TPSA) is 67.6 Å². The fourth-order valence-electron chi connectivity index (χ4n) is 3.99. The Morgan fingerprint density at radius 1 is 1.50 bits per heavy atom. The Balaban J connectivity index is 1.55. The molecule has 0 amide bonds. The van der Waals surface area contributed by atoms with Gasteiger partial charge in [0.1, 0.15) is 0 Å². The lowest BCUT2D eigenvalue weighted by atomic mass is 10.0. The van der Waals surface area contributed by atoms with Crippen LogP contribution in [-0.2, 0) is 23.0 Å². The van der Waals surface area contributed by atoms with Gasteiger partial charge in [0.15, 0.2) is 0 Å². The second-order valence-electron chi connectivity index (χ2n) is 6.70. The van der Waals surface area contributed by atoms with Crippen LogP contribution >= 0.6 is 0 Å². The first-order chi connectivity index (χ1) is 10.6. The third kappa shape index (κ3) is 3.17. The molecule has 0 bridgehead atoms. The van der Waals surface area contributed by atoms with Gasteiger partial charge >= 0.3 is 5.97 Å². The fourth-order valence-corrected chi connectivity index (χ4v) is 3.99. The number of carbonyl (C=O) groups excluding carboxylic acids is 1. The summed E-state index contributed by atoms with van der Waals surface area (Å²) in [5, 5.41) is 14.5. The van der Waals surface area contributed by atoms with E-state index >= 15 is 0 Å². The number of carbonyl (C=O) groups is 1. The predicted octanol–water partition coefficient (Wildman–Crippen LogP) is 0.597. The second kappa shape index (κ2) is 6.38. The van der Waals surface area contributed by atoms with Crippen molar-refractivity contribution in [1.82, 2.24) is 14.7 Å². The summed E-state index contributed by atoms with van der Waals surface area (Å²) >= 11 is 0. The minimum atomic E-state index is -0.416. The molecule has 22 heavy (non-hydrogen) atoms. The van der Waals surface area contributed by atoms with Gasteiger partial charge in [-0.15, -0.1) is 0 Å². The number of likely N-dealkylation sites (tertiary alicyclic amines) is 1. The molecule has 1 aliphatic carbocycles. The van der Waals surface area contributed by atoms with E-state index in [4.69, 9.17) is 4.74 Å². The van der Waals surface area contributed by atoms with Gasteiger partial charge in [-0.25, -0.2) is 0 Å². The number of hydrogen-bond donors (Lipinski definition) is 1. The highest BCUT2D eigenvalue weighted by molar-refractivity contribution is 5.72. The molecule has 1 aromatic heterocycles. The monoisotopic (exact) mass is 307 g/mol. The van der Waals surface area contributed by atoms with Gasteiger partial charge < -0.3 is 9.84 Å². The molecule has 0 radical (unpaired) electrons. The van der Waals surface area contributed by atoms with Crippen LogP contribution in [0.3, 0.4) is 0 Å². The van der Waals surface area contributed by atoms with E-state index in [2.05, 4.69) is 16.2 Å². The summed E-state index contributed by atoms with van der Waals surface area (Å²) in [4.78, 5) is 14.0. The lowest BCUT2D eigenvalue weighted by Gasteiger charge is -2.26. The molecule has 122 valence electrons. The highest BCUT2D eigenvalue weighted by Crippen LogP contribution is 2.34. The molecule has 1 N–H and O–H groups in total. The number of methoxy groups -OCH3 is 1. The van der Waals surface area contributed by atoms with Crippen molar-refractivity contribution in [3.8, 4) is 0 Å². The summed E-state index contributed by atoms with van der Waals surface area (Å²) in [6, 6.07) is 0.1000. The molecule has 1 saturated heterocycles. The Bertz CT molecular complexity index is 530. The summed E-state index contributed by atoms with van der Waals surface area (Å²) in [6.45, 7) is 1.99. The van der Waals surface area contributed by atoms with Gasteiger partial charge in [0.25, 0.3) is 0 Å². The molecule has 1 aliphatic heterocycles. The van der Waals surface area contributed by atoms with Crippen LogP contribution in [0.2, 0.25) is 0 Å². The summed E-state index contributed by atoms with van der Waals surface area (Å²) in [5.74, 6) is 0.267. The molecule has 2 fully saturated rings. The van der Waals surface area contributed by atoms with Gasteiger partial charge in [0.2, 0.25) is 0 Å². The van der Waals surface area contributed by atoms with Gasteiger partial charge in [-0.3, -0.25) is 14.4 Å². The van der Waals surface area contributed by atoms with E-state index in [0.717, 1.165) is 25.9 Å². The molecule has 2 aliphatic rings.